The zero-order chi connectivity index (χ0) is 36.7. The first kappa shape index (κ1) is 13.6. The SMILES string of the molecule is [2H]C([2H])([2H])C(=C)C=[C-]C(=C)c1ccc(C([2H])([2H])[2H])cn1.[2H]c1c(C([2H])([2H])[2H])cnc(-c2[c-]ccc3c2oc2nc(C([2H])([2H])[2H])ccc23)c1[2H].[Ir]. The van der Waals surface area contributed by atoms with Crippen LogP contribution in [0.3, 0.4) is 0 Å². The van der Waals surface area contributed by atoms with Gasteiger partial charge in [0, 0.05) is 60.0 Å². The minimum atomic E-state index is -2.55. The molecule has 5 heteroatoms. The van der Waals surface area contributed by atoms with Crippen LogP contribution in [0.5, 0.6) is 0 Å². The maximum atomic E-state index is 8.23. The van der Waals surface area contributed by atoms with Crippen LogP contribution < -0.4 is 0 Å². The van der Waals surface area contributed by atoms with Crippen molar-refractivity contribution >= 4 is 27.6 Å². The van der Waals surface area contributed by atoms with Crippen molar-refractivity contribution in [2.45, 2.75) is 27.4 Å². The van der Waals surface area contributed by atoms with Gasteiger partial charge in [0.25, 0.3) is 0 Å². The van der Waals surface area contributed by atoms with Gasteiger partial charge in [0.1, 0.15) is 0 Å². The summed E-state index contributed by atoms with van der Waals surface area (Å²) in [5, 5.41) is 1.20. The van der Waals surface area contributed by atoms with Crippen molar-refractivity contribution in [2.24, 2.45) is 0 Å². The molecule has 0 spiro atoms. The smallest absolute Gasteiger partial charge is 0.216 e. The molecule has 0 unspecified atom stereocenters. The Kier molecular flexibility index (Phi) is 4.47. The standard InChI is InChI=1S/C18H13N2O.C13H14N.Ir/c1-11-6-9-16(19-10-11)15-5-3-4-13-14-8-7-12(2)20-18(14)21-17(13)15;1-10(2)5-7-12(4)13-8-6-11(3)9-14-13;/h3-4,6-10H,1-2H3;5-6,8-9H,1,4H2,2-3H3;/q2*-1;/i1D3,2D3,6D,9D;2D3,3D3;. The van der Waals surface area contributed by atoms with Crippen LogP contribution in [0.25, 0.3) is 38.9 Å². The van der Waals surface area contributed by atoms with Crippen LogP contribution in [0, 0.1) is 32.7 Å². The van der Waals surface area contributed by atoms with Gasteiger partial charge >= 0.3 is 0 Å². The molecular weight excluding hydrogens is 623 g/mol. The summed E-state index contributed by atoms with van der Waals surface area (Å²) in [6.45, 7) is -2.29. The number of aryl methyl sites for hydroxylation is 3. The number of nitrogens with zero attached hydrogens (tertiary/aromatic N) is 3. The Labute approximate surface area is 245 Å². The molecule has 0 amide bonds. The van der Waals surface area contributed by atoms with E-state index >= 15 is 0 Å². The van der Waals surface area contributed by atoms with Crippen LogP contribution >= 0.6 is 0 Å². The Morgan fingerprint density at radius 1 is 1.03 bits per heavy atom. The molecule has 0 N–H and O–H groups in total. The van der Waals surface area contributed by atoms with Crippen molar-refractivity contribution in [3.05, 3.63) is 120 Å². The molecule has 0 aliphatic rings. The summed E-state index contributed by atoms with van der Waals surface area (Å²) in [7, 11) is 0. The van der Waals surface area contributed by atoms with E-state index in [0.29, 0.717) is 22.0 Å². The van der Waals surface area contributed by atoms with Crippen LogP contribution in [0.15, 0.2) is 90.1 Å². The fraction of sp³-hybridized carbons (Fsp3) is 0.129. The molecule has 183 valence electrons. The van der Waals surface area contributed by atoms with Crippen LogP contribution in [0.2, 0.25) is 0 Å². The van der Waals surface area contributed by atoms with Crippen molar-refractivity contribution in [1.29, 1.82) is 0 Å². The maximum Gasteiger partial charge on any atom is 0.216 e. The fourth-order valence-electron chi connectivity index (χ4n) is 3.07. The number of fused-ring (bicyclic) bond motifs is 3. The largest absolute Gasteiger partial charge is 0.486 e. The van der Waals surface area contributed by atoms with Crippen molar-refractivity contribution in [1.82, 2.24) is 15.0 Å². The molecule has 0 atom stereocenters. The van der Waals surface area contributed by atoms with E-state index in [9.17, 15) is 0 Å². The minimum Gasteiger partial charge on any atom is -0.486 e. The van der Waals surface area contributed by atoms with E-state index in [1.165, 1.54) is 30.5 Å². The van der Waals surface area contributed by atoms with E-state index in [-0.39, 0.29) is 71.1 Å². The Hall–Kier alpha value is -3.66. The van der Waals surface area contributed by atoms with Crippen LogP contribution in [0.1, 0.15) is 48.6 Å². The second kappa shape index (κ2) is 11.8. The van der Waals surface area contributed by atoms with E-state index in [0.717, 1.165) is 6.20 Å². The number of rotatable bonds is 4. The Morgan fingerprint density at radius 3 is 2.64 bits per heavy atom. The number of benzene rings is 1. The van der Waals surface area contributed by atoms with Gasteiger partial charge in [-0.05, 0) is 55.2 Å². The van der Waals surface area contributed by atoms with Crippen LogP contribution in [-0.2, 0) is 20.1 Å². The Balaban J connectivity index is 0.000000285. The summed E-state index contributed by atoms with van der Waals surface area (Å²) < 4.78 is 110. The van der Waals surface area contributed by atoms with Crippen molar-refractivity contribution in [3.63, 3.8) is 0 Å². The first-order valence-corrected chi connectivity index (χ1v) is 10.2. The second-order valence-corrected chi connectivity index (χ2v) is 7.24. The average Bonchev–Trinajstić information content (AvgIpc) is 3.38. The van der Waals surface area contributed by atoms with Gasteiger partial charge < -0.3 is 14.4 Å². The van der Waals surface area contributed by atoms with Gasteiger partial charge in [0.2, 0.25) is 5.71 Å². The molecule has 0 bridgehead atoms. The zero-order valence-corrected chi connectivity index (χ0v) is 21.1. The molecule has 1 radical (unpaired) electrons. The molecule has 1 aromatic carbocycles. The molecule has 0 aliphatic heterocycles. The summed E-state index contributed by atoms with van der Waals surface area (Å²) in [6.07, 6.45) is 6.21. The molecule has 0 aliphatic carbocycles. The van der Waals surface area contributed by atoms with Gasteiger partial charge in [0.15, 0.2) is 0 Å². The molecule has 4 heterocycles. The van der Waals surface area contributed by atoms with E-state index in [1.54, 1.807) is 18.2 Å². The molecular formula is C31H27IrN3O-2. The molecule has 0 fully saturated rings. The molecule has 5 rings (SSSR count). The number of allylic oxidation sites excluding steroid dienone is 4. The first-order valence-electron chi connectivity index (χ1n) is 17.2. The predicted molar refractivity (Wildman–Crippen MR) is 144 cm³/mol. The quantitative estimate of drug-likeness (QED) is 0.146. The monoisotopic (exact) mass is 664 g/mol. The number of pyridine rings is 3. The van der Waals surface area contributed by atoms with E-state index in [2.05, 4.69) is 40.3 Å². The third kappa shape index (κ3) is 6.31. The van der Waals surface area contributed by atoms with Crippen molar-refractivity contribution < 1.29 is 43.7 Å². The third-order valence-corrected chi connectivity index (χ3v) is 4.67. The van der Waals surface area contributed by atoms with E-state index < -0.39 is 33.4 Å². The third-order valence-electron chi connectivity index (χ3n) is 4.67. The summed E-state index contributed by atoms with van der Waals surface area (Å²) in [5.41, 5.74) is 1.14. The van der Waals surface area contributed by atoms with Gasteiger partial charge in [-0.15, -0.1) is 48.1 Å². The molecule has 0 saturated carbocycles. The predicted octanol–water partition coefficient (Wildman–Crippen LogP) is 7.80. The van der Waals surface area contributed by atoms with Crippen LogP contribution in [-0.4, -0.2) is 15.0 Å². The topological polar surface area (TPSA) is 51.8 Å². The Morgan fingerprint density at radius 2 is 1.89 bits per heavy atom. The normalized spacial score (nSPS) is 17.8. The van der Waals surface area contributed by atoms with Gasteiger partial charge in [0.05, 0.1) is 8.32 Å². The molecule has 36 heavy (non-hydrogen) atoms. The first-order chi connectivity index (χ1) is 22.5. The summed E-state index contributed by atoms with van der Waals surface area (Å²) in [4.78, 5) is 12.1. The molecule has 4 nitrogen and oxygen atoms in total. The van der Waals surface area contributed by atoms with Gasteiger partial charge in [-0.1, -0.05) is 42.0 Å². The minimum absolute atomic E-state index is 0. The van der Waals surface area contributed by atoms with Gasteiger partial charge in [-0.25, -0.2) is 4.98 Å². The van der Waals surface area contributed by atoms with Crippen molar-refractivity contribution in [2.75, 3.05) is 0 Å². The molecule has 4 aromatic heterocycles. The van der Waals surface area contributed by atoms with Gasteiger partial charge in [-0.2, -0.15) is 6.58 Å². The summed E-state index contributed by atoms with van der Waals surface area (Å²) in [5.74, 6) is 0. The second-order valence-electron chi connectivity index (χ2n) is 7.24. The van der Waals surface area contributed by atoms with E-state index in [1.807, 2.05) is 0 Å². The maximum absolute atomic E-state index is 8.23. The number of hydrogen-bond donors (Lipinski definition) is 0. The zero-order valence-electron chi connectivity index (χ0n) is 32.7. The molecule has 5 aromatic rings. The average molecular weight is 664 g/mol. The number of hydrogen-bond acceptors (Lipinski definition) is 4. The molecule has 0 saturated heterocycles. The fourth-order valence-corrected chi connectivity index (χ4v) is 3.07. The summed E-state index contributed by atoms with van der Waals surface area (Å²) in [6, 6.07) is 11.4. The van der Waals surface area contributed by atoms with Crippen LogP contribution in [0.4, 0.5) is 0 Å². The number of furan rings is 1. The van der Waals surface area contributed by atoms with Crippen molar-refractivity contribution in [3.8, 4) is 11.3 Å². The Bertz CT molecular complexity index is 2070. The number of aromatic nitrogens is 3. The van der Waals surface area contributed by atoms with E-state index in [4.69, 9.17) is 23.6 Å². The summed E-state index contributed by atoms with van der Waals surface area (Å²) >= 11 is 0. The van der Waals surface area contributed by atoms with Gasteiger partial charge in [-0.3, -0.25) is 0 Å².